The molecular formula is C9H12Br2ClNO. The van der Waals surface area contributed by atoms with Crippen LogP contribution in [0.5, 0.6) is 5.75 Å². The molecule has 80 valence electrons. The summed E-state index contributed by atoms with van der Waals surface area (Å²) in [6.45, 7) is 1.99. The van der Waals surface area contributed by atoms with E-state index in [9.17, 15) is 5.11 Å². The molecule has 1 aromatic carbocycles. The number of benzene rings is 1. The van der Waals surface area contributed by atoms with E-state index < -0.39 is 0 Å². The minimum absolute atomic E-state index is 0. The monoisotopic (exact) mass is 343 g/mol. The van der Waals surface area contributed by atoms with Crippen LogP contribution in [0.4, 0.5) is 0 Å². The van der Waals surface area contributed by atoms with Crippen LogP contribution in [0, 0.1) is 0 Å². The van der Waals surface area contributed by atoms with E-state index in [0.717, 1.165) is 16.5 Å². The SMILES string of the molecule is CC[C@@H](N)c1cc(Br)cc(Br)c1O.Cl. The molecule has 0 aliphatic heterocycles. The minimum Gasteiger partial charge on any atom is -0.506 e. The molecular weight excluding hydrogens is 333 g/mol. The number of hydrogen-bond donors (Lipinski definition) is 2. The summed E-state index contributed by atoms with van der Waals surface area (Å²) in [5, 5.41) is 9.68. The maximum Gasteiger partial charge on any atom is 0.134 e. The van der Waals surface area contributed by atoms with E-state index in [1.807, 2.05) is 13.0 Å². The van der Waals surface area contributed by atoms with Gasteiger partial charge in [-0.15, -0.1) is 12.4 Å². The smallest absolute Gasteiger partial charge is 0.134 e. The summed E-state index contributed by atoms with van der Waals surface area (Å²) in [6, 6.07) is 3.52. The van der Waals surface area contributed by atoms with Gasteiger partial charge in [0.2, 0.25) is 0 Å². The van der Waals surface area contributed by atoms with Crippen LogP contribution in [-0.2, 0) is 0 Å². The van der Waals surface area contributed by atoms with Gasteiger partial charge >= 0.3 is 0 Å². The molecule has 0 heterocycles. The van der Waals surface area contributed by atoms with Crippen LogP contribution in [0.2, 0.25) is 0 Å². The van der Waals surface area contributed by atoms with Gasteiger partial charge in [0.05, 0.1) is 4.47 Å². The van der Waals surface area contributed by atoms with E-state index in [-0.39, 0.29) is 24.2 Å². The molecule has 14 heavy (non-hydrogen) atoms. The molecule has 0 saturated carbocycles. The van der Waals surface area contributed by atoms with E-state index in [1.165, 1.54) is 0 Å². The lowest BCUT2D eigenvalue weighted by Gasteiger charge is -2.12. The van der Waals surface area contributed by atoms with E-state index in [2.05, 4.69) is 31.9 Å². The molecule has 0 radical (unpaired) electrons. The number of halogens is 3. The van der Waals surface area contributed by atoms with Crippen molar-refractivity contribution >= 4 is 44.3 Å². The van der Waals surface area contributed by atoms with Crippen LogP contribution in [0.3, 0.4) is 0 Å². The van der Waals surface area contributed by atoms with Crippen molar-refractivity contribution in [3.05, 3.63) is 26.6 Å². The predicted molar refractivity (Wildman–Crippen MR) is 68.0 cm³/mol. The van der Waals surface area contributed by atoms with Gasteiger partial charge in [-0.1, -0.05) is 22.9 Å². The fourth-order valence-electron chi connectivity index (χ4n) is 1.09. The van der Waals surface area contributed by atoms with Crippen LogP contribution in [0.15, 0.2) is 21.1 Å². The summed E-state index contributed by atoms with van der Waals surface area (Å²) < 4.78 is 1.58. The van der Waals surface area contributed by atoms with Crippen molar-refractivity contribution in [3.63, 3.8) is 0 Å². The molecule has 0 aromatic heterocycles. The van der Waals surface area contributed by atoms with Crippen LogP contribution >= 0.6 is 44.3 Å². The van der Waals surface area contributed by atoms with Crippen molar-refractivity contribution < 1.29 is 5.11 Å². The highest BCUT2D eigenvalue weighted by Gasteiger charge is 2.12. The average molecular weight is 345 g/mol. The number of rotatable bonds is 2. The van der Waals surface area contributed by atoms with Crippen molar-refractivity contribution in [2.75, 3.05) is 0 Å². The van der Waals surface area contributed by atoms with Crippen molar-refractivity contribution in [3.8, 4) is 5.75 Å². The second kappa shape index (κ2) is 5.95. The zero-order valence-electron chi connectivity index (χ0n) is 7.63. The van der Waals surface area contributed by atoms with Crippen LogP contribution < -0.4 is 5.73 Å². The number of nitrogens with two attached hydrogens (primary N) is 1. The average Bonchev–Trinajstić information content (AvgIpc) is 2.10. The van der Waals surface area contributed by atoms with Gasteiger partial charge in [-0.2, -0.15) is 0 Å². The first-order valence-corrected chi connectivity index (χ1v) is 5.58. The number of hydrogen-bond acceptors (Lipinski definition) is 2. The molecule has 0 aliphatic rings. The molecule has 0 fully saturated rings. The number of aromatic hydroxyl groups is 1. The van der Waals surface area contributed by atoms with Gasteiger partial charge in [0.1, 0.15) is 5.75 Å². The van der Waals surface area contributed by atoms with Gasteiger partial charge in [0.15, 0.2) is 0 Å². The summed E-state index contributed by atoms with van der Waals surface area (Å²) in [6.07, 6.45) is 0.802. The van der Waals surface area contributed by atoms with E-state index in [0.29, 0.717) is 4.47 Å². The molecule has 0 amide bonds. The Labute approximate surface area is 107 Å². The summed E-state index contributed by atoms with van der Waals surface area (Å²) >= 11 is 6.61. The number of phenols is 1. The normalized spacial score (nSPS) is 12.0. The van der Waals surface area contributed by atoms with Gasteiger partial charge in [-0.05, 0) is 34.5 Å². The van der Waals surface area contributed by atoms with E-state index in [4.69, 9.17) is 5.73 Å². The molecule has 1 rings (SSSR count). The quantitative estimate of drug-likeness (QED) is 0.857. The zero-order valence-corrected chi connectivity index (χ0v) is 11.6. The third-order valence-corrected chi connectivity index (χ3v) is 2.96. The second-order valence-corrected chi connectivity index (χ2v) is 4.61. The molecule has 5 heteroatoms. The summed E-state index contributed by atoms with van der Waals surface area (Å²) in [4.78, 5) is 0. The first-order valence-electron chi connectivity index (χ1n) is 3.99. The summed E-state index contributed by atoms with van der Waals surface area (Å²) in [5.74, 6) is 0.234. The Hall–Kier alpha value is 0.230. The third kappa shape index (κ3) is 3.12. The van der Waals surface area contributed by atoms with Crippen molar-refractivity contribution in [1.29, 1.82) is 0 Å². The van der Waals surface area contributed by atoms with E-state index in [1.54, 1.807) is 6.07 Å². The fraction of sp³-hybridized carbons (Fsp3) is 0.333. The van der Waals surface area contributed by atoms with Gasteiger partial charge in [-0.25, -0.2) is 0 Å². The number of phenolic OH excluding ortho intramolecular Hbond substituents is 1. The Bertz CT molecular complexity index is 320. The molecule has 2 nitrogen and oxygen atoms in total. The van der Waals surface area contributed by atoms with E-state index >= 15 is 0 Å². The molecule has 0 saturated heterocycles. The van der Waals surface area contributed by atoms with Crippen LogP contribution in [0.25, 0.3) is 0 Å². The fourth-order valence-corrected chi connectivity index (χ4v) is 2.35. The standard InChI is InChI=1S/C9H11Br2NO.ClH/c1-2-8(12)6-3-5(10)4-7(11)9(6)13;/h3-4,8,13H,2,12H2,1H3;1H/t8-;/m1./s1. The van der Waals surface area contributed by atoms with Gasteiger partial charge in [0.25, 0.3) is 0 Å². The predicted octanol–water partition coefficient (Wildman–Crippen LogP) is 3.75. The molecule has 0 bridgehead atoms. The lowest BCUT2D eigenvalue weighted by Crippen LogP contribution is -2.08. The Balaban J connectivity index is 0.00000169. The maximum atomic E-state index is 9.68. The molecule has 0 spiro atoms. The minimum atomic E-state index is -0.117. The zero-order chi connectivity index (χ0) is 10.0. The van der Waals surface area contributed by atoms with Crippen LogP contribution in [0.1, 0.15) is 24.9 Å². The van der Waals surface area contributed by atoms with Crippen molar-refractivity contribution in [2.45, 2.75) is 19.4 Å². The Morgan fingerprint density at radius 1 is 1.43 bits per heavy atom. The van der Waals surface area contributed by atoms with Gasteiger partial charge in [0, 0.05) is 16.1 Å². The molecule has 0 unspecified atom stereocenters. The second-order valence-electron chi connectivity index (χ2n) is 2.84. The van der Waals surface area contributed by atoms with Gasteiger partial charge in [-0.3, -0.25) is 0 Å². The molecule has 3 N–H and O–H groups in total. The maximum absolute atomic E-state index is 9.68. The molecule has 0 aliphatic carbocycles. The summed E-state index contributed by atoms with van der Waals surface area (Å²) in [7, 11) is 0. The highest BCUT2D eigenvalue weighted by atomic mass is 79.9. The van der Waals surface area contributed by atoms with Crippen LogP contribution in [-0.4, -0.2) is 5.11 Å². The largest absolute Gasteiger partial charge is 0.506 e. The molecule has 1 aromatic rings. The highest BCUT2D eigenvalue weighted by molar-refractivity contribution is 9.11. The Kier molecular flexibility index (Phi) is 6.05. The van der Waals surface area contributed by atoms with Crippen molar-refractivity contribution in [1.82, 2.24) is 0 Å². The lowest BCUT2D eigenvalue weighted by molar-refractivity contribution is 0.456. The third-order valence-electron chi connectivity index (χ3n) is 1.90. The van der Waals surface area contributed by atoms with Crippen molar-refractivity contribution in [2.24, 2.45) is 5.73 Å². The summed E-state index contributed by atoms with van der Waals surface area (Å²) in [5.41, 5.74) is 6.60. The topological polar surface area (TPSA) is 46.2 Å². The lowest BCUT2D eigenvalue weighted by atomic mass is 10.0. The first-order chi connectivity index (χ1) is 6.06. The van der Waals surface area contributed by atoms with Gasteiger partial charge < -0.3 is 10.8 Å². The Morgan fingerprint density at radius 2 is 2.00 bits per heavy atom. The Morgan fingerprint density at radius 3 is 2.50 bits per heavy atom. The first kappa shape index (κ1) is 14.2. The highest BCUT2D eigenvalue weighted by Crippen LogP contribution is 2.35. The molecule has 1 atom stereocenters.